The van der Waals surface area contributed by atoms with E-state index in [-0.39, 0.29) is 5.56 Å². The van der Waals surface area contributed by atoms with Crippen LogP contribution in [0.2, 0.25) is 0 Å². The molecule has 0 saturated carbocycles. The number of hydrogen-bond acceptors (Lipinski definition) is 2. The molecule has 2 N–H and O–H groups in total. The maximum atomic E-state index is 11.5. The number of hydrogen-bond donors (Lipinski definition) is 2. The Morgan fingerprint density at radius 1 is 1.04 bits per heavy atom. The molecule has 1 atom stereocenters. The summed E-state index contributed by atoms with van der Waals surface area (Å²) < 4.78 is 0. The van der Waals surface area contributed by atoms with Gasteiger partial charge < -0.3 is 10.3 Å². The van der Waals surface area contributed by atoms with Crippen molar-refractivity contribution >= 4 is 10.8 Å². The molecule has 4 rings (SSSR count). The molecule has 0 radical (unpaired) electrons. The van der Waals surface area contributed by atoms with Crippen molar-refractivity contribution in [3.05, 3.63) is 81.8 Å². The molecule has 23 heavy (non-hydrogen) atoms. The number of aromatic amines is 1. The fourth-order valence-corrected chi connectivity index (χ4v) is 3.50. The number of nitrogens with one attached hydrogen (secondary N) is 2. The minimum atomic E-state index is -0.000991. The zero-order valence-corrected chi connectivity index (χ0v) is 13.0. The molecule has 0 saturated heterocycles. The lowest BCUT2D eigenvalue weighted by Gasteiger charge is -2.26. The third-order valence-electron chi connectivity index (χ3n) is 4.70. The molecule has 0 bridgehead atoms. The average Bonchev–Trinajstić information content (AvgIpc) is 2.59. The fraction of sp³-hybridized carbons (Fsp3) is 0.250. The van der Waals surface area contributed by atoms with Crippen molar-refractivity contribution in [3.63, 3.8) is 0 Å². The third-order valence-corrected chi connectivity index (χ3v) is 4.70. The zero-order valence-electron chi connectivity index (χ0n) is 13.0. The maximum absolute atomic E-state index is 11.5. The monoisotopic (exact) mass is 304 g/mol. The van der Waals surface area contributed by atoms with Crippen LogP contribution in [0.15, 0.2) is 59.4 Å². The van der Waals surface area contributed by atoms with Crippen LogP contribution in [0.1, 0.15) is 35.7 Å². The first-order chi connectivity index (χ1) is 11.3. The molecular formula is C20H20N2O. The Morgan fingerprint density at radius 2 is 1.91 bits per heavy atom. The van der Waals surface area contributed by atoms with E-state index in [9.17, 15) is 4.79 Å². The first kappa shape index (κ1) is 14.2. The van der Waals surface area contributed by atoms with E-state index in [0.29, 0.717) is 6.04 Å². The summed E-state index contributed by atoms with van der Waals surface area (Å²) >= 11 is 0. The van der Waals surface area contributed by atoms with Crippen LogP contribution in [-0.2, 0) is 13.0 Å². The van der Waals surface area contributed by atoms with Gasteiger partial charge in [-0.05, 0) is 47.2 Å². The minimum Gasteiger partial charge on any atom is -0.326 e. The van der Waals surface area contributed by atoms with Crippen LogP contribution in [0.25, 0.3) is 10.8 Å². The summed E-state index contributed by atoms with van der Waals surface area (Å²) in [6.07, 6.45) is 3.20. The first-order valence-electron chi connectivity index (χ1n) is 8.23. The predicted octanol–water partition coefficient (Wildman–Crippen LogP) is 3.70. The molecule has 0 amide bonds. The van der Waals surface area contributed by atoms with Gasteiger partial charge in [0.25, 0.3) is 0 Å². The van der Waals surface area contributed by atoms with E-state index in [1.54, 1.807) is 6.07 Å². The molecule has 2 aromatic carbocycles. The van der Waals surface area contributed by atoms with Crippen molar-refractivity contribution in [2.75, 3.05) is 0 Å². The summed E-state index contributed by atoms with van der Waals surface area (Å²) in [7, 11) is 0. The zero-order chi connectivity index (χ0) is 15.6. The van der Waals surface area contributed by atoms with Crippen LogP contribution in [0, 0.1) is 0 Å². The van der Waals surface area contributed by atoms with Crippen LogP contribution < -0.4 is 10.9 Å². The molecule has 0 unspecified atom stereocenters. The van der Waals surface area contributed by atoms with Gasteiger partial charge in [-0.1, -0.05) is 42.5 Å². The predicted molar refractivity (Wildman–Crippen MR) is 93.5 cm³/mol. The van der Waals surface area contributed by atoms with Crippen LogP contribution in [-0.4, -0.2) is 4.98 Å². The highest BCUT2D eigenvalue weighted by molar-refractivity contribution is 5.82. The lowest BCUT2D eigenvalue weighted by Crippen LogP contribution is -2.27. The molecule has 3 nitrogen and oxygen atoms in total. The van der Waals surface area contributed by atoms with Crippen LogP contribution in [0.5, 0.6) is 0 Å². The number of rotatable bonds is 3. The highest BCUT2D eigenvalue weighted by Crippen LogP contribution is 2.28. The smallest absolute Gasteiger partial charge is 0.248 e. The average molecular weight is 304 g/mol. The molecule has 1 aromatic heterocycles. The van der Waals surface area contributed by atoms with Crippen molar-refractivity contribution in [1.82, 2.24) is 10.3 Å². The molecule has 1 aliphatic carbocycles. The van der Waals surface area contributed by atoms with Crippen molar-refractivity contribution in [1.29, 1.82) is 0 Å². The SMILES string of the molecule is O=c1ccc2c([nH]1)CCC[C@H]2NCc1ccc2ccccc2c1. The Kier molecular flexibility index (Phi) is 3.72. The van der Waals surface area contributed by atoms with Crippen LogP contribution in [0.4, 0.5) is 0 Å². The summed E-state index contributed by atoms with van der Waals surface area (Å²) in [6, 6.07) is 19.0. The summed E-state index contributed by atoms with van der Waals surface area (Å²) in [5, 5.41) is 6.21. The highest BCUT2D eigenvalue weighted by Gasteiger charge is 2.20. The second-order valence-corrected chi connectivity index (χ2v) is 6.26. The summed E-state index contributed by atoms with van der Waals surface area (Å²) in [5.74, 6) is 0. The van der Waals surface area contributed by atoms with Crippen molar-refractivity contribution in [2.45, 2.75) is 31.8 Å². The normalized spacial score (nSPS) is 17.1. The number of fused-ring (bicyclic) bond motifs is 2. The fourth-order valence-electron chi connectivity index (χ4n) is 3.50. The van der Waals surface area contributed by atoms with Crippen molar-refractivity contribution < 1.29 is 0 Å². The van der Waals surface area contributed by atoms with E-state index in [1.807, 2.05) is 6.07 Å². The van der Waals surface area contributed by atoms with Gasteiger partial charge in [0.05, 0.1) is 0 Å². The van der Waals surface area contributed by atoms with Crippen molar-refractivity contribution in [2.24, 2.45) is 0 Å². The largest absolute Gasteiger partial charge is 0.326 e. The maximum Gasteiger partial charge on any atom is 0.248 e. The Balaban J connectivity index is 1.54. The van der Waals surface area contributed by atoms with Gasteiger partial charge in [-0.3, -0.25) is 4.79 Å². The molecule has 0 aliphatic heterocycles. The molecular weight excluding hydrogens is 284 g/mol. The van der Waals surface area contributed by atoms with E-state index >= 15 is 0 Å². The van der Waals surface area contributed by atoms with Crippen LogP contribution >= 0.6 is 0 Å². The molecule has 3 heteroatoms. The number of pyridine rings is 1. The molecule has 116 valence electrons. The Bertz CT molecular complexity index is 897. The van der Waals surface area contributed by atoms with Gasteiger partial charge in [0.2, 0.25) is 5.56 Å². The van der Waals surface area contributed by atoms with Gasteiger partial charge >= 0.3 is 0 Å². The van der Waals surface area contributed by atoms with E-state index in [4.69, 9.17) is 0 Å². The summed E-state index contributed by atoms with van der Waals surface area (Å²) in [5.41, 5.74) is 3.63. The lowest BCUT2D eigenvalue weighted by molar-refractivity contribution is 0.453. The molecule has 0 spiro atoms. The number of benzene rings is 2. The first-order valence-corrected chi connectivity index (χ1v) is 8.23. The number of aryl methyl sites for hydroxylation is 1. The van der Waals surface area contributed by atoms with Gasteiger partial charge in [0.15, 0.2) is 0 Å². The quantitative estimate of drug-likeness (QED) is 0.775. The molecule has 1 heterocycles. The Labute approximate surface area is 135 Å². The standard InChI is InChI=1S/C20H20N2O/c23-20-11-10-17-18(6-3-7-19(17)22-20)21-13-14-8-9-15-4-1-2-5-16(15)12-14/h1-2,4-5,8-12,18,21H,3,6-7,13H2,(H,22,23)/t18-/m1/s1. The molecule has 0 fully saturated rings. The third kappa shape index (κ3) is 2.92. The van der Waals surface area contributed by atoms with Gasteiger partial charge in [-0.25, -0.2) is 0 Å². The van der Waals surface area contributed by atoms with Gasteiger partial charge in [-0.2, -0.15) is 0 Å². The van der Waals surface area contributed by atoms with Crippen molar-refractivity contribution in [3.8, 4) is 0 Å². The minimum absolute atomic E-state index is 0.000991. The van der Waals surface area contributed by atoms with Gasteiger partial charge in [-0.15, -0.1) is 0 Å². The van der Waals surface area contributed by atoms with Crippen LogP contribution in [0.3, 0.4) is 0 Å². The van der Waals surface area contributed by atoms with E-state index < -0.39 is 0 Å². The van der Waals surface area contributed by atoms with E-state index in [2.05, 4.69) is 52.8 Å². The summed E-state index contributed by atoms with van der Waals surface area (Å²) in [6.45, 7) is 0.841. The number of aromatic nitrogens is 1. The van der Waals surface area contributed by atoms with Gasteiger partial charge in [0, 0.05) is 24.3 Å². The Hall–Kier alpha value is -2.39. The second kappa shape index (κ2) is 6.01. The van der Waals surface area contributed by atoms with E-state index in [0.717, 1.165) is 31.5 Å². The topological polar surface area (TPSA) is 44.9 Å². The second-order valence-electron chi connectivity index (χ2n) is 6.26. The van der Waals surface area contributed by atoms with E-state index in [1.165, 1.54) is 21.9 Å². The van der Waals surface area contributed by atoms with Gasteiger partial charge in [0.1, 0.15) is 0 Å². The highest BCUT2D eigenvalue weighted by atomic mass is 16.1. The molecule has 1 aliphatic rings. The molecule has 3 aromatic rings. The summed E-state index contributed by atoms with van der Waals surface area (Å²) in [4.78, 5) is 14.5. The Morgan fingerprint density at radius 3 is 2.83 bits per heavy atom. The lowest BCUT2D eigenvalue weighted by atomic mass is 9.91. The number of H-pyrrole nitrogens is 1.